The zero-order chi connectivity index (χ0) is 18.5. The molecule has 0 aliphatic heterocycles. The van der Waals surface area contributed by atoms with Gasteiger partial charge in [0.1, 0.15) is 10.8 Å². The molecule has 0 amide bonds. The first-order chi connectivity index (χ1) is 12.5. The normalized spacial score (nSPS) is 10.6. The van der Waals surface area contributed by atoms with Gasteiger partial charge in [0, 0.05) is 11.9 Å². The second kappa shape index (κ2) is 8.01. The predicted molar refractivity (Wildman–Crippen MR) is 95.1 cm³/mol. The second-order valence-electron chi connectivity index (χ2n) is 5.63. The Morgan fingerprint density at radius 2 is 1.88 bits per heavy atom. The van der Waals surface area contributed by atoms with Crippen LogP contribution in [0.4, 0.5) is 4.39 Å². The molecule has 0 N–H and O–H groups in total. The summed E-state index contributed by atoms with van der Waals surface area (Å²) in [6.07, 6.45) is 5.09. The van der Waals surface area contributed by atoms with Crippen LogP contribution in [0.2, 0.25) is 5.15 Å². The highest BCUT2D eigenvalue weighted by Gasteiger charge is 2.10. The van der Waals surface area contributed by atoms with Crippen molar-refractivity contribution in [3.8, 4) is 5.75 Å². The fourth-order valence-electron chi connectivity index (χ4n) is 2.43. The van der Waals surface area contributed by atoms with Crippen molar-refractivity contribution in [3.05, 3.63) is 82.4 Å². The number of nitrogens with zero attached hydrogens (tertiary/aromatic N) is 3. The van der Waals surface area contributed by atoms with Crippen LogP contribution in [0.1, 0.15) is 27.3 Å². The molecule has 2 aromatic heterocycles. The number of Topliss-reactive ketones (excluding diaryl/α,β-unsaturated/α-hetero) is 1. The van der Waals surface area contributed by atoms with Crippen molar-refractivity contribution in [3.63, 3.8) is 0 Å². The first-order valence-corrected chi connectivity index (χ1v) is 8.20. The first-order valence-electron chi connectivity index (χ1n) is 7.82. The summed E-state index contributed by atoms with van der Waals surface area (Å²) in [4.78, 5) is 24.3. The van der Waals surface area contributed by atoms with Crippen LogP contribution in [0.3, 0.4) is 0 Å². The van der Waals surface area contributed by atoms with Crippen molar-refractivity contribution in [2.75, 3.05) is 7.11 Å². The van der Waals surface area contributed by atoms with E-state index in [0.29, 0.717) is 12.1 Å². The van der Waals surface area contributed by atoms with Crippen molar-refractivity contribution in [2.24, 2.45) is 0 Å². The Balaban J connectivity index is 1.66. The lowest BCUT2D eigenvalue weighted by Crippen LogP contribution is -2.08. The summed E-state index contributed by atoms with van der Waals surface area (Å²) in [5.41, 5.74) is 2.73. The van der Waals surface area contributed by atoms with Crippen molar-refractivity contribution >= 4 is 17.4 Å². The average molecular weight is 372 g/mol. The maximum Gasteiger partial charge on any atom is 0.188 e. The molecule has 26 heavy (non-hydrogen) atoms. The molecule has 0 aliphatic rings. The van der Waals surface area contributed by atoms with Crippen LogP contribution in [0.5, 0.6) is 5.75 Å². The summed E-state index contributed by atoms with van der Waals surface area (Å²) in [5, 5.41) is 0.237. The van der Waals surface area contributed by atoms with Crippen LogP contribution >= 0.6 is 11.6 Å². The standard InChI is InChI=1S/C19H15ClFN3O2/c1-26-18-7-12(3-5-15(18)21)6-13-2-4-14(22-9-13)8-17(25)16-10-24-19(20)11-23-16/h2-5,7,9-11H,6,8H2,1H3. The third-order valence-electron chi connectivity index (χ3n) is 3.76. The third-order valence-corrected chi connectivity index (χ3v) is 3.95. The molecular formula is C19H15ClFN3O2. The molecule has 0 saturated carbocycles. The highest BCUT2D eigenvalue weighted by atomic mass is 35.5. The lowest BCUT2D eigenvalue weighted by Gasteiger charge is -2.07. The van der Waals surface area contributed by atoms with Crippen molar-refractivity contribution < 1.29 is 13.9 Å². The molecule has 0 saturated heterocycles. The first kappa shape index (κ1) is 17.9. The van der Waals surface area contributed by atoms with Crippen LogP contribution in [0.25, 0.3) is 0 Å². The van der Waals surface area contributed by atoms with Crippen LogP contribution in [0.15, 0.2) is 48.9 Å². The van der Waals surface area contributed by atoms with Gasteiger partial charge in [-0.25, -0.2) is 14.4 Å². The van der Waals surface area contributed by atoms with Crippen molar-refractivity contribution in [1.29, 1.82) is 0 Å². The van der Waals surface area contributed by atoms with Gasteiger partial charge in [0.2, 0.25) is 0 Å². The number of ether oxygens (including phenoxy) is 1. The Kier molecular flexibility index (Phi) is 5.53. The number of carbonyl (C=O) groups excluding carboxylic acids is 1. The highest BCUT2D eigenvalue weighted by molar-refractivity contribution is 6.29. The summed E-state index contributed by atoms with van der Waals surface area (Å²) >= 11 is 5.66. The molecule has 7 heteroatoms. The largest absolute Gasteiger partial charge is 0.494 e. The Hall–Kier alpha value is -2.86. The summed E-state index contributed by atoms with van der Waals surface area (Å²) in [7, 11) is 1.43. The van der Waals surface area contributed by atoms with Gasteiger partial charge in [-0.1, -0.05) is 23.7 Å². The van der Waals surface area contributed by atoms with Gasteiger partial charge in [-0.3, -0.25) is 9.78 Å². The zero-order valence-corrected chi connectivity index (χ0v) is 14.7. The number of halogens is 2. The van der Waals surface area contributed by atoms with E-state index in [0.717, 1.165) is 11.1 Å². The minimum atomic E-state index is -0.395. The molecule has 1 aromatic carbocycles. The van der Waals surface area contributed by atoms with Gasteiger partial charge < -0.3 is 4.74 Å². The van der Waals surface area contributed by atoms with E-state index in [-0.39, 0.29) is 28.8 Å². The smallest absolute Gasteiger partial charge is 0.188 e. The van der Waals surface area contributed by atoms with E-state index < -0.39 is 5.82 Å². The predicted octanol–water partition coefficient (Wildman–Crippen LogP) is 3.69. The summed E-state index contributed by atoms with van der Waals surface area (Å²) in [6.45, 7) is 0. The number of aromatic nitrogens is 3. The topological polar surface area (TPSA) is 65.0 Å². The molecule has 0 aliphatic carbocycles. The van der Waals surface area contributed by atoms with Gasteiger partial charge >= 0.3 is 0 Å². The van der Waals surface area contributed by atoms with Crippen molar-refractivity contribution in [1.82, 2.24) is 15.0 Å². The minimum Gasteiger partial charge on any atom is -0.494 e. The number of hydrogen-bond acceptors (Lipinski definition) is 5. The maximum absolute atomic E-state index is 13.5. The molecule has 0 radical (unpaired) electrons. The molecule has 0 fully saturated rings. The lowest BCUT2D eigenvalue weighted by atomic mass is 10.1. The van der Waals surface area contributed by atoms with Gasteiger partial charge in [-0.15, -0.1) is 0 Å². The minimum absolute atomic E-state index is 0.126. The number of hydrogen-bond donors (Lipinski definition) is 0. The van der Waals surface area contributed by atoms with E-state index in [1.165, 1.54) is 25.6 Å². The Morgan fingerprint density at radius 1 is 1.08 bits per heavy atom. The van der Waals surface area contributed by atoms with Gasteiger partial charge in [0.15, 0.2) is 17.3 Å². The van der Waals surface area contributed by atoms with Gasteiger partial charge in [-0.05, 0) is 35.7 Å². The fourth-order valence-corrected chi connectivity index (χ4v) is 2.52. The van der Waals surface area contributed by atoms with Crippen LogP contribution < -0.4 is 4.74 Å². The fraction of sp³-hybridized carbons (Fsp3) is 0.158. The molecule has 0 spiro atoms. The summed E-state index contributed by atoms with van der Waals surface area (Å²) in [6, 6.07) is 8.42. The zero-order valence-electron chi connectivity index (χ0n) is 13.9. The number of methoxy groups -OCH3 is 1. The monoisotopic (exact) mass is 371 g/mol. The SMILES string of the molecule is COc1cc(Cc2ccc(CC(=O)c3cnc(Cl)cn3)nc2)ccc1F. The maximum atomic E-state index is 13.5. The summed E-state index contributed by atoms with van der Waals surface area (Å²) in [5.74, 6) is -0.368. The molecule has 5 nitrogen and oxygen atoms in total. The summed E-state index contributed by atoms with van der Waals surface area (Å²) < 4.78 is 18.4. The number of carbonyl (C=O) groups is 1. The number of pyridine rings is 1. The van der Waals surface area contributed by atoms with Gasteiger partial charge in [-0.2, -0.15) is 0 Å². The van der Waals surface area contributed by atoms with E-state index in [9.17, 15) is 9.18 Å². The Labute approximate surface area is 154 Å². The van der Waals surface area contributed by atoms with Crippen molar-refractivity contribution in [2.45, 2.75) is 12.8 Å². The third kappa shape index (κ3) is 4.40. The average Bonchev–Trinajstić information content (AvgIpc) is 2.65. The molecule has 3 rings (SSSR count). The number of benzene rings is 1. The van der Waals surface area contributed by atoms with Gasteiger partial charge in [0.05, 0.1) is 25.9 Å². The van der Waals surface area contributed by atoms with E-state index in [2.05, 4.69) is 15.0 Å². The van der Waals surface area contributed by atoms with Crippen LogP contribution in [-0.2, 0) is 12.8 Å². The molecule has 0 bridgehead atoms. The molecule has 132 valence electrons. The quantitative estimate of drug-likeness (QED) is 0.618. The van der Waals surface area contributed by atoms with E-state index in [1.807, 2.05) is 6.07 Å². The Bertz CT molecular complexity index is 915. The number of ketones is 1. The molecular weight excluding hydrogens is 357 g/mol. The van der Waals surface area contributed by atoms with E-state index >= 15 is 0 Å². The molecule has 2 heterocycles. The van der Waals surface area contributed by atoms with E-state index in [4.69, 9.17) is 16.3 Å². The molecule has 3 aromatic rings. The van der Waals surface area contributed by atoms with Gasteiger partial charge in [0.25, 0.3) is 0 Å². The number of rotatable bonds is 6. The highest BCUT2D eigenvalue weighted by Crippen LogP contribution is 2.20. The molecule has 0 atom stereocenters. The second-order valence-corrected chi connectivity index (χ2v) is 6.02. The van der Waals surface area contributed by atoms with E-state index in [1.54, 1.807) is 24.4 Å². The van der Waals surface area contributed by atoms with Crippen LogP contribution in [-0.4, -0.2) is 27.8 Å². The molecule has 0 unspecified atom stereocenters. The lowest BCUT2D eigenvalue weighted by molar-refractivity contribution is 0.0987. The van der Waals surface area contributed by atoms with Crippen LogP contribution in [0, 0.1) is 5.82 Å². The Morgan fingerprint density at radius 3 is 2.54 bits per heavy atom.